The summed E-state index contributed by atoms with van der Waals surface area (Å²) in [5, 5.41) is 4.48. The van der Waals surface area contributed by atoms with Crippen LogP contribution in [0.3, 0.4) is 0 Å². The van der Waals surface area contributed by atoms with Gasteiger partial charge in [0.15, 0.2) is 0 Å². The molecule has 0 fully saturated rings. The van der Waals surface area contributed by atoms with Gasteiger partial charge in [0.25, 0.3) is 0 Å². The van der Waals surface area contributed by atoms with Gasteiger partial charge in [0.2, 0.25) is 0 Å². The molecule has 1 aliphatic carbocycles. The van der Waals surface area contributed by atoms with Crippen molar-refractivity contribution in [3.05, 3.63) is 54.1 Å². The van der Waals surface area contributed by atoms with Crippen molar-refractivity contribution in [2.75, 3.05) is 0 Å². The fourth-order valence-electron chi connectivity index (χ4n) is 2.66. The van der Waals surface area contributed by atoms with Gasteiger partial charge in [0, 0.05) is 8.80 Å². The van der Waals surface area contributed by atoms with Crippen LogP contribution in [0.4, 0.5) is 0 Å². The van der Waals surface area contributed by atoms with Gasteiger partial charge >= 0.3 is 26.2 Å². The molecule has 0 atom stereocenters. The molecule has 0 unspecified atom stereocenters. The summed E-state index contributed by atoms with van der Waals surface area (Å²) in [5.74, 6) is 0. The zero-order valence-electron chi connectivity index (χ0n) is 11.6. The maximum atomic E-state index is 2.39. The SMILES string of the molecule is C[Si](C)c1c(C2=CC=CC2)[cH-]c2ccccc12.[Cl-].[Cl-].[Zr+3]. The van der Waals surface area contributed by atoms with Crippen LogP contribution in [0, 0.1) is 0 Å². The normalized spacial score (nSPS) is 12.7. The van der Waals surface area contributed by atoms with Crippen LogP contribution in [-0.4, -0.2) is 8.80 Å². The molecule has 0 aliphatic heterocycles. The van der Waals surface area contributed by atoms with Gasteiger partial charge in [-0.25, -0.2) is 0 Å². The molecule has 0 nitrogen and oxygen atoms in total. The van der Waals surface area contributed by atoms with Crippen LogP contribution in [0.15, 0.2) is 48.6 Å². The molecule has 20 heavy (non-hydrogen) atoms. The van der Waals surface area contributed by atoms with E-state index in [-0.39, 0.29) is 51.0 Å². The molecular formula is C16H16Cl2SiZr. The molecule has 2 aromatic carbocycles. The Bertz CT molecular complexity index is 626. The third kappa shape index (κ3) is 3.60. The minimum Gasteiger partial charge on any atom is -1.00 e. The topological polar surface area (TPSA) is 0 Å². The van der Waals surface area contributed by atoms with E-state index in [1.807, 2.05) is 0 Å². The number of hydrogen-bond acceptors (Lipinski definition) is 0. The fraction of sp³-hybridized carbons (Fsp3) is 0.188. The first-order valence-electron chi connectivity index (χ1n) is 6.12. The number of benzene rings is 1. The molecule has 3 rings (SSSR count). The Morgan fingerprint density at radius 1 is 1.10 bits per heavy atom. The predicted octanol–water partition coefficient (Wildman–Crippen LogP) is -2.13. The average molecular weight is 399 g/mol. The summed E-state index contributed by atoms with van der Waals surface area (Å²) < 4.78 is 0. The second-order valence-electron chi connectivity index (χ2n) is 4.84. The van der Waals surface area contributed by atoms with Crippen molar-refractivity contribution in [2.45, 2.75) is 19.5 Å². The summed E-state index contributed by atoms with van der Waals surface area (Å²) >= 11 is 0. The summed E-state index contributed by atoms with van der Waals surface area (Å²) in [4.78, 5) is 0. The van der Waals surface area contributed by atoms with E-state index in [2.05, 4.69) is 61.7 Å². The van der Waals surface area contributed by atoms with Crippen molar-refractivity contribution in [3.8, 4) is 0 Å². The molecule has 4 heteroatoms. The molecule has 0 saturated heterocycles. The average Bonchev–Trinajstić information content (AvgIpc) is 2.95. The molecule has 0 aromatic heterocycles. The van der Waals surface area contributed by atoms with Crippen molar-refractivity contribution in [2.24, 2.45) is 0 Å². The van der Waals surface area contributed by atoms with E-state index in [9.17, 15) is 0 Å². The van der Waals surface area contributed by atoms with E-state index in [0.717, 1.165) is 6.42 Å². The maximum Gasteiger partial charge on any atom is 3.00 e. The van der Waals surface area contributed by atoms with Crippen LogP contribution in [0.25, 0.3) is 16.3 Å². The summed E-state index contributed by atoms with van der Waals surface area (Å²) in [6.07, 6.45) is 7.78. The van der Waals surface area contributed by atoms with Gasteiger partial charge in [-0.05, 0) is 6.42 Å². The largest absolute Gasteiger partial charge is 3.00 e. The Labute approximate surface area is 154 Å². The Hall–Kier alpha value is -0.01000. The van der Waals surface area contributed by atoms with Crippen LogP contribution in [0.2, 0.25) is 13.1 Å². The van der Waals surface area contributed by atoms with Gasteiger partial charge in [0.05, 0.1) is 0 Å². The molecule has 0 bridgehead atoms. The van der Waals surface area contributed by atoms with E-state index in [1.54, 1.807) is 5.19 Å². The third-order valence-corrected chi connectivity index (χ3v) is 4.96. The van der Waals surface area contributed by atoms with Crippen molar-refractivity contribution in [1.29, 1.82) is 0 Å². The van der Waals surface area contributed by atoms with Gasteiger partial charge < -0.3 is 24.8 Å². The van der Waals surface area contributed by atoms with E-state index >= 15 is 0 Å². The fourth-order valence-corrected chi connectivity index (χ4v) is 4.20. The number of halogens is 2. The van der Waals surface area contributed by atoms with Gasteiger partial charge in [-0.15, -0.1) is 39.2 Å². The summed E-state index contributed by atoms with van der Waals surface area (Å²) in [5.41, 5.74) is 2.98. The van der Waals surface area contributed by atoms with E-state index in [1.165, 1.54) is 21.9 Å². The first kappa shape index (κ1) is 20.0. The number of rotatable bonds is 2. The summed E-state index contributed by atoms with van der Waals surface area (Å²) in [7, 11) is -0.429. The Balaban J connectivity index is 0.00000120. The van der Waals surface area contributed by atoms with Crippen LogP contribution >= 0.6 is 0 Å². The monoisotopic (exact) mass is 396 g/mol. The number of hydrogen-bond donors (Lipinski definition) is 0. The molecule has 102 valence electrons. The Kier molecular flexibility index (Phi) is 8.43. The third-order valence-electron chi connectivity index (χ3n) is 3.42. The molecule has 0 saturated carbocycles. The van der Waals surface area contributed by atoms with E-state index in [4.69, 9.17) is 0 Å². The standard InChI is InChI=1S/C16H16Si.2ClH.Zr/c1-17(2)16-14-10-6-5-9-13(14)11-15(16)12-7-3-4-8-12;;;/h3-7,9-11H,8H2,1-2H3;2*1H;/q-1;;;+3/p-2. The van der Waals surface area contributed by atoms with Crippen molar-refractivity contribution >= 4 is 30.3 Å². The molecular weight excluding hydrogens is 382 g/mol. The quantitative estimate of drug-likeness (QED) is 0.401. The van der Waals surface area contributed by atoms with Crippen molar-refractivity contribution in [1.82, 2.24) is 0 Å². The van der Waals surface area contributed by atoms with Crippen LogP contribution in [0.5, 0.6) is 0 Å². The predicted molar refractivity (Wildman–Crippen MR) is 78.4 cm³/mol. The van der Waals surface area contributed by atoms with E-state index < -0.39 is 8.80 Å². The molecule has 2 aromatic rings. The van der Waals surface area contributed by atoms with Gasteiger partial charge in [0.1, 0.15) is 0 Å². The van der Waals surface area contributed by atoms with Crippen molar-refractivity contribution in [3.63, 3.8) is 0 Å². The zero-order valence-corrected chi connectivity index (χ0v) is 16.6. The molecule has 2 radical (unpaired) electrons. The first-order chi connectivity index (χ1) is 8.27. The second kappa shape index (κ2) is 8.44. The van der Waals surface area contributed by atoms with Gasteiger partial charge in [-0.2, -0.15) is 0 Å². The Morgan fingerprint density at radius 3 is 2.40 bits per heavy atom. The Morgan fingerprint density at radius 2 is 1.80 bits per heavy atom. The first-order valence-corrected chi connectivity index (χ1v) is 8.62. The molecule has 0 spiro atoms. The summed E-state index contributed by atoms with van der Waals surface area (Å²) in [6.45, 7) is 4.78. The van der Waals surface area contributed by atoms with Crippen molar-refractivity contribution < 1.29 is 51.0 Å². The van der Waals surface area contributed by atoms with Gasteiger partial charge in [-0.1, -0.05) is 49.5 Å². The molecule has 0 N–H and O–H groups in total. The molecule has 0 amide bonds. The molecule has 1 aliphatic rings. The van der Waals surface area contributed by atoms with E-state index in [0.29, 0.717) is 0 Å². The number of allylic oxidation sites excluding steroid dienone is 4. The second-order valence-corrected chi connectivity index (χ2v) is 7.34. The van der Waals surface area contributed by atoms with Crippen LogP contribution in [0.1, 0.15) is 12.0 Å². The smallest absolute Gasteiger partial charge is 1.00 e. The van der Waals surface area contributed by atoms with Crippen LogP contribution < -0.4 is 30.0 Å². The maximum absolute atomic E-state index is 2.39. The number of fused-ring (bicyclic) bond motifs is 1. The van der Waals surface area contributed by atoms with Crippen LogP contribution in [-0.2, 0) is 26.2 Å². The minimum atomic E-state index is -0.429. The minimum absolute atomic E-state index is 0. The van der Waals surface area contributed by atoms with Gasteiger partial charge in [-0.3, -0.25) is 0 Å². The summed E-state index contributed by atoms with van der Waals surface area (Å²) in [6, 6.07) is 11.2. The molecule has 0 heterocycles. The zero-order chi connectivity index (χ0) is 11.8.